The summed E-state index contributed by atoms with van der Waals surface area (Å²) < 4.78 is 7.62. The molecule has 0 saturated carbocycles. The highest BCUT2D eigenvalue weighted by atomic mass is 16.5. The maximum absolute atomic E-state index is 5.68. The van der Waals surface area contributed by atoms with Crippen LogP contribution in [0.4, 0.5) is 0 Å². The first-order valence-electron chi connectivity index (χ1n) is 6.20. The van der Waals surface area contributed by atoms with Crippen molar-refractivity contribution in [3.8, 4) is 5.75 Å². The number of nitrogens with zero attached hydrogens (tertiary/aromatic N) is 2. The molecule has 1 heterocycles. The molecule has 0 fully saturated rings. The fourth-order valence-electron chi connectivity index (χ4n) is 1.77. The van der Waals surface area contributed by atoms with Crippen LogP contribution in [0.5, 0.6) is 5.75 Å². The van der Waals surface area contributed by atoms with Gasteiger partial charge in [-0.1, -0.05) is 12.1 Å². The lowest BCUT2D eigenvalue weighted by atomic mass is 10.2. The Morgan fingerprint density at radius 2 is 2.22 bits per heavy atom. The zero-order chi connectivity index (χ0) is 12.8. The van der Waals surface area contributed by atoms with Crippen LogP contribution < -0.4 is 10.5 Å². The van der Waals surface area contributed by atoms with Gasteiger partial charge < -0.3 is 10.5 Å². The van der Waals surface area contributed by atoms with Gasteiger partial charge in [-0.3, -0.25) is 4.68 Å². The lowest BCUT2D eigenvalue weighted by Gasteiger charge is -2.07. The zero-order valence-corrected chi connectivity index (χ0v) is 10.7. The van der Waals surface area contributed by atoms with Crippen LogP contribution in [0.25, 0.3) is 0 Å². The number of ether oxygens (including phenoxy) is 1. The molecule has 96 valence electrons. The van der Waals surface area contributed by atoms with Gasteiger partial charge in [0.05, 0.1) is 12.3 Å². The summed E-state index contributed by atoms with van der Waals surface area (Å²) in [5, 5.41) is 4.33. The van der Waals surface area contributed by atoms with E-state index in [0.717, 1.165) is 30.0 Å². The monoisotopic (exact) mass is 245 g/mol. The Kier molecular flexibility index (Phi) is 4.36. The van der Waals surface area contributed by atoms with E-state index in [1.807, 2.05) is 48.1 Å². The van der Waals surface area contributed by atoms with Gasteiger partial charge >= 0.3 is 0 Å². The van der Waals surface area contributed by atoms with Gasteiger partial charge in [-0.25, -0.2) is 0 Å². The van der Waals surface area contributed by atoms with Crippen LogP contribution in [-0.2, 0) is 13.1 Å². The molecule has 0 saturated heterocycles. The van der Waals surface area contributed by atoms with Crippen LogP contribution in [0.15, 0.2) is 36.5 Å². The third kappa shape index (κ3) is 3.60. The van der Waals surface area contributed by atoms with E-state index in [1.54, 1.807) is 0 Å². The molecule has 4 nitrogen and oxygen atoms in total. The summed E-state index contributed by atoms with van der Waals surface area (Å²) in [6.07, 6.45) is 2.93. The van der Waals surface area contributed by atoms with Crippen molar-refractivity contribution in [1.29, 1.82) is 0 Å². The number of aromatic nitrogens is 2. The molecular formula is C14H19N3O. The molecule has 4 heteroatoms. The van der Waals surface area contributed by atoms with Crippen molar-refractivity contribution < 1.29 is 4.74 Å². The topological polar surface area (TPSA) is 53.1 Å². The molecule has 18 heavy (non-hydrogen) atoms. The van der Waals surface area contributed by atoms with Crippen LogP contribution in [0.3, 0.4) is 0 Å². The Bertz CT molecular complexity index is 493. The zero-order valence-electron chi connectivity index (χ0n) is 10.7. The SMILES string of the molecule is Cc1ccn(CCCOc2cccc(CN)c2)n1. The van der Waals surface area contributed by atoms with Crippen LogP contribution >= 0.6 is 0 Å². The average Bonchev–Trinajstić information content (AvgIpc) is 2.81. The molecule has 0 unspecified atom stereocenters. The highest BCUT2D eigenvalue weighted by Crippen LogP contribution is 2.13. The molecule has 1 aromatic heterocycles. The summed E-state index contributed by atoms with van der Waals surface area (Å²) in [5.41, 5.74) is 7.73. The van der Waals surface area contributed by atoms with Crippen molar-refractivity contribution in [2.24, 2.45) is 5.73 Å². The Morgan fingerprint density at radius 1 is 1.33 bits per heavy atom. The molecule has 0 radical (unpaired) electrons. The van der Waals surface area contributed by atoms with Crippen molar-refractivity contribution >= 4 is 0 Å². The molecule has 0 aliphatic carbocycles. The molecule has 2 rings (SSSR count). The highest BCUT2D eigenvalue weighted by Gasteiger charge is 1.97. The summed E-state index contributed by atoms with van der Waals surface area (Å²) >= 11 is 0. The molecule has 2 aromatic rings. The summed E-state index contributed by atoms with van der Waals surface area (Å²) in [6, 6.07) is 9.91. The van der Waals surface area contributed by atoms with Crippen molar-refractivity contribution in [3.63, 3.8) is 0 Å². The van der Waals surface area contributed by atoms with Gasteiger partial charge in [-0.05, 0) is 30.7 Å². The van der Waals surface area contributed by atoms with E-state index in [2.05, 4.69) is 5.10 Å². The molecule has 0 amide bonds. The van der Waals surface area contributed by atoms with Crippen molar-refractivity contribution in [2.75, 3.05) is 6.61 Å². The lowest BCUT2D eigenvalue weighted by Crippen LogP contribution is -2.05. The normalized spacial score (nSPS) is 10.6. The third-order valence-corrected chi connectivity index (χ3v) is 2.71. The standard InChI is InChI=1S/C14H19N3O/c1-12-6-8-17(16-12)7-3-9-18-14-5-2-4-13(10-14)11-15/h2,4-6,8,10H,3,7,9,11,15H2,1H3. The van der Waals surface area contributed by atoms with E-state index >= 15 is 0 Å². The fraction of sp³-hybridized carbons (Fsp3) is 0.357. The van der Waals surface area contributed by atoms with Crippen molar-refractivity contribution in [2.45, 2.75) is 26.4 Å². The predicted molar refractivity (Wildman–Crippen MR) is 71.4 cm³/mol. The average molecular weight is 245 g/mol. The molecule has 2 N–H and O–H groups in total. The quantitative estimate of drug-likeness (QED) is 0.793. The van der Waals surface area contributed by atoms with Gasteiger partial charge in [0.25, 0.3) is 0 Å². The van der Waals surface area contributed by atoms with Gasteiger partial charge in [0.2, 0.25) is 0 Å². The van der Waals surface area contributed by atoms with E-state index in [1.165, 1.54) is 0 Å². The van der Waals surface area contributed by atoms with Crippen molar-refractivity contribution in [1.82, 2.24) is 9.78 Å². The van der Waals surface area contributed by atoms with E-state index in [-0.39, 0.29) is 0 Å². The summed E-state index contributed by atoms with van der Waals surface area (Å²) in [4.78, 5) is 0. The highest BCUT2D eigenvalue weighted by molar-refractivity contribution is 5.28. The first kappa shape index (κ1) is 12.6. The van der Waals surface area contributed by atoms with Crippen molar-refractivity contribution in [3.05, 3.63) is 47.8 Å². The fourth-order valence-corrected chi connectivity index (χ4v) is 1.77. The van der Waals surface area contributed by atoms with Crippen LogP contribution in [0.1, 0.15) is 17.7 Å². The number of rotatable bonds is 6. The Morgan fingerprint density at radius 3 is 2.94 bits per heavy atom. The van der Waals surface area contributed by atoms with E-state index in [4.69, 9.17) is 10.5 Å². The third-order valence-electron chi connectivity index (χ3n) is 2.71. The van der Waals surface area contributed by atoms with E-state index in [0.29, 0.717) is 13.2 Å². The Balaban J connectivity index is 1.74. The van der Waals surface area contributed by atoms with E-state index < -0.39 is 0 Å². The molecule has 1 aromatic carbocycles. The summed E-state index contributed by atoms with van der Waals surface area (Å²) in [7, 11) is 0. The molecule has 0 bridgehead atoms. The molecule has 0 spiro atoms. The second kappa shape index (κ2) is 6.21. The molecule has 0 atom stereocenters. The first-order chi connectivity index (χ1) is 8.78. The van der Waals surface area contributed by atoms with Gasteiger partial charge in [0, 0.05) is 25.7 Å². The minimum absolute atomic E-state index is 0.545. The number of aryl methyl sites for hydroxylation is 2. The summed E-state index contributed by atoms with van der Waals surface area (Å²) in [5.74, 6) is 0.884. The molecule has 0 aliphatic heterocycles. The maximum atomic E-state index is 5.68. The minimum Gasteiger partial charge on any atom is -0.494 e. The minimum atomic E-state index is 0.545. The number of hydrogen-bond acceptors (Lipinski definition) is 3. The summed E-state index contributed by atoms with van der Waals surface area (Å²) in [6.45, 7) is 4.10. The Hall–Kier alpha value is -1.81. The van der Waals surface area contributed by atoms with Gasteiger partial charge in [0.15, 0.2) is 0 Å². The second-order valence-corrected chi connectivity index (χ2v) is 4.27. The van der Waals surface area contributed by atoms with Crippen LogP contribution in [-0.4, -0.2) is 16.4 Å². The molecule has 0 aliphatic rings. The van der Waals surface area contributed by atoms with Crippen LogP contribution in [0.2, 0.25) is 0 Å². The van der Waals surface area contributed by atoms with E-state index in [9.17, 15) is 0 Å². The Labute approximate surface area is 107 Å². The number of benzene rings is 1. The van der Waals surface area contributed by atoms with Gasteiger partial charge in [0.1, 0.15) is 5.75 Å². The first-order valence-corrected chi connectivity index (χ1v) is 6.20. The van der Waals surface area contributed by atoms with Gasteiger partial charge in [-0.2, -0.15) is 5.10 Å². The number of hydrogen-bond donors (Lipinski definition) is 1. The van der Waals surface area contributed by atoms with Gasteiger partial charge in [-0.15, -0.1) is 0 Å². The molecular weight excluding hydrogens is 226 g/mol. The maximum Gasteiger partial charge on any atom is 0.119 e. The number of nitrogens with two attached hydrogens (primary N) is 1. The largest absolute Gasteiger partial charge is 0.494 e. The van der Waals surface area contributed by atoms with Crippen LogP contribution in [0, 0.1) is 6.92 Å². The lowest BCUT2D eigenvalue weighted by molar-refractivity contribution is 0.298. The smallest absolute Gasteiger partial charge is 0.119 e. The second-order valence-electron chi connectivity index (χ2n) is 4.27. The predicted octanol–water partition coefficient (Wildman–Crippen LogP) is 2.12.